The van der Waals surface area contributed by atoms with Gasteiger partial charge >= 0.3 is 0 Å². The van der Waals surface area contributed by atoms with Crippen molar-refractivity contribution in [1.29, 1.82) is 0 Å². The lowest BCUT2D eigenvalue weighted by Crippen LogP contribution is -1.94. The Kier molecular flexibility index (Phi) is 7.20. The van der Waals surface area contributed by atoms with E-state index in [4.69, 9.17) is 19.9 Å². The second kappa shape index (κ2) is 12.9. The van der Waals surface area contributed by atoms with Crippen molar-refractivity contribution in [3.63, 3.8) is 0 Å². The van der Waals surface area contributed by atoms with Crippen molar-refractivity contribution in [3.8, 4) is 44.9 Å². The minimum absolute atomic E-state index is 0.886. The maximum Gasteiger partial charge on any atom is 0.0972 e. The fourth-order valence-electron chi connectivity index (χ4n) is 8.96. The number of hydrogen-bond donors (Lipinski definition) is 0. The van der Waals surface area contributed by atoms with Crippen molar-refractivity contribution in [2.24, 2.45) is 0 Å². The Hall–Kier alpha value is -7.82. The summed E-state index contributed by atoms with van der Waals surface area (Å²) >= 11 is 0. The third-order valence-corrected chi connectivity index (χ3v) is 11.7. The van der Waals surface area contributed by atoms with Gasteiger partial charge in [0, 0.05) is 60.8 Å². The molecular formula is C54H32N4. The summed E-state index contributed by atoms with van der Waals surface area (Å²) in [5, 5.41) is 11.5. The number of nitrogens with zero attached hydrogens (tertiary/aromatic N) is 4. The third kappa shape index (κ3) is 5.02. The van der Waals surface area contributed by atoms with E-state index in [1.165, 1.54) is 26.9 Å². The second-order valence-corrected chi connectivity index (χ2v) is 14.9. The van der Waals surface area contributed by atoms with Crippen molar-refractivity contribution in [1.82, 2.24) is 19.9 Å². The highest BCUT2D eigenvalue weighted by molar-refractivity contribution is 6.31. The molecule has 4 aromatic heterocycles. The Morgan fingerprint density at radius 2 is 0.845 bits per heavy atom. The van der Waals surface area contributed by atoms with E-state index in [0.717, 1.165) is 93.9 Å². The highest BCUT2D eigenvalue weighted by Gasteiger charge is 2.18. The van der Waals surface area contributed by atoms with Gasteiger partial charge in [0.25, 0.3) is 0 Å². The number of pyridine rings is 4. The first-order valence-corrected chi connectivity index (χ1v) is 19.6. The third-order valence-electron chi connectivity index (χ3n) is 11.7. The second-order valence-electron chi connectivity index (χ2n) is 14.9. The van der Waals surface area contributed by atoms with Crippen LogP contribution in [0.3, 0.4) is 0 Å². The minimum atomic E-state index is 0.886. The Balaban J connectivity index is 1.02. The SMILES string of the molecule is c1ccc(-c2ccc3ccc4ccc(-c5ccc(-c6cccc(-c7nc8c9ccccc9c9ccccc9c8c8ccccc78)c6)c6ncccc56)nc4c3n2)cc1. The molecule has 0 radical (unpaired) electrons. The van der Waals surface area contributed by atoms with Crippen molar-refractivity contribution < 1.29 is 0 Å². The molecule has 0 bridgehead atoms. The van der Waals surface area contributed by atoms with Gasteiger partial charge in [0.15, 0.2) is 0 Å². The average Bonchev–Trinajstić information content (AvgIpc) is 3.30. The van der Waals surface area contributed by atoms with Crippen LogP contribution in [0, 0.1) is 0 Å². The fraction of sp³-hybridized carbons (Fsp3) is 0. The average molecular weight is 737 g/mol. The van der Waals surface area contributed by atoms with Gasteiger partial charge in [0.05, 0.1) is 39.1 Å². The van der Waals surface area contributed by atoms with Gasteiger partial charge in [-0.25, -0.2) is 15.0 Å². The van der Waals surface area contributed by atoms with Gasteiger partial charge in [-0.05, 0) is 51.4 Å². The van der Waals surface area contributed by atoms with E-state index >= 15 is 0 Å². The molecule has 4 nitrogen and oxygen atoms in total. The molecule has 58 heavy (non-hydrogen) atoms. The van der Waals surface area contributed by atoms with Crippen LogP contribution in [-0.4, -0.2) is 19.9 Å². The highest BCUT2D eigenvalue weighted by Crippen LogP contribution is 2.42. The summed E-state index contributed by atoms with van der Waals surface area (Å²) in [6, 6.07) is 66.4. The molecule has 268 valence electrons. The van der Waals surface area contributed by atoms with Crippen LogP contribution in [0.15, 0.2) is 194 Å². The minimum Gasteiger partial charge on any atom is -0.256 e. The van der Waals surface area contributed by atoms with Gasteiger partial charge in [0.1, 0.15) is 0 Å². The summed E-state index contributed by atoms with van der Waals surface area (Å²) in [6.45, 7) is 0. The molecule has 0 N–H and O–H groups in total. The fourth-order valence-corrected chi connectivity index (χ4v) is 8.96. The van der Waals surface area contributed by atoms with Crippen LogP contribution < -0.4 is 0 Å². The summed E-state index contributed by atoms with van der Waals surface area (Å²) in [4.78, 5) is 21.0. The van der Waals surface area contributed by atoms with Crippen molar-refractivity contribution in [2.75, 3.05) is 0 Å². The first kappa shape index (κ1) is 32.4. The summed E-state index contributed by atoms with van der Waals surface area (Å²) < 4.78 is 0. The lowest BCUT2D eigenvalue weighted by molar-refractivity contribution is 1.36. The maximum absolute atomic E-state index is 5.54. The predicted molar refractivity (Wildman–Crippen MR) is 242 cm³/mol. The molecular weight excluding hydrogens is 705 g/mol. The Morgan fingerprint density at radius 1 is 0.293 bits per heavy atom. The number of fused-ring (bicyclic) bond motifs is 12. The summed E-state index contributed by atoms with van der Waals surface area (Å²) in [5.74, 6) is 0. The molecule has 0 saturated carbocycles. The zero-order valence-electron chi connectivity index (χ0n) is 31.3. The van der Waals surface area contributed by atoms with Crippen LogP contribution in [0.4, 0.5) is 0 Å². The molecule has 12 rings (SSSR count). The zero-order valence-corrected chi connectivity index (χ0v) is 31.3. The quantitative estimate of drug-likeness (QED) is 0.169. The van der Waals surface area contributed by atoms with E-state index < -0.39 is 0 Å². The van der Waals surface area contributed by atoms with Gasteiger partial charge in [-0.15, -0.1) is 0 Å². The molecule has 0 aliphatic rings. The lowest BCUT2D eigenvalue weighted by Gasteiger charge is -2.16. The highest BCUT2D eigenvalue weighted by atomic mass is 14.8. The van der Waals surface area contributed by atoms with E-state index in [1.807, 2.05) is 30.5 Å². The van der Waals surface area contributed by atoms with Gasteiger partial charge in [-0.1, -0.05) is 164 Å². The standard InChI is InChI=1S/C54H32N4/c1-2-12-33(13-3-1)47-29-25-34-23-24-35-26-30-48(57-52(35)51(34)56-47)41-28-27-38(53-45(41)22-11-31-55-53)36-14-10-15-37(32-36)50-46-21-9-7-19-43(46)49-42-18-6-4-16-39(42)40-17-5-8-20-44(40)54(49)58-50/h1-32H. The molecule has 0 saturated heterocycles. The van der Waals surface area contributed by atoms with Crippen molar-refractivity contribution >= 4 is 75.9 Å². The predicted octanol–water partition coefficient (Wildman–Crippen LogP) is 14.0. The van der Waals surface area contributed by atoms with Crippen LogP contribution in [0.25, 0.3) is 121 Å². The van der Waals surface area contributed by atoms with Gasteiger partial charge in [-0.3, -0.25) is 4.98 Å². The maximum atomic E-state index is 5.54. The first-order valence-electron chi connectivity index (χ1n) is 19.6. The Morgan fingerprint density at radius 3 is 1.62 bits per heavy atom. The summed E-state index contributed by atoms with van der Waals surface area (Å²) in [6.07, 6.45) is 1.88. The monoisotopic (exact) mass is 736 g/mol. The van der Waals surface area contributed by atoms with Crippen LogP contribution in [-0.2, 0) is 0 Å². The number of hydrogen-bond acceptors (Lipinski definition) is 4. The van der Waals surface area contributed by atoms with Gasteiger partial charge in [-0.2, -0.15) is 0 Å². The van der Waals surface area contributed by atoms with Gasteiger partial charge in [0.2, 0.25) is 0 Å². The van der Waals surface area contributed by atoms with E-state index in [1.54, 1.807) is 0 Å². The van der Waals surface area contributed by atoms with E-state index in [2.05, 4.69) is 164 Å². The molecule has 8 aromatic carbocycles. The Bertz CT molecular complexity index is 3630. The van der Waals surface area contributed by atoms with Gasteiger partial charge < -0.3 is 0 Å². The summed E-state index contributed by atoms with van der Waals surface area (Å²) in [7, 11) is 0. The van der Waals surface area contributed by atoms with E-state index in [9.17, 15) is 0 Å². The van der Waals surface area contributed by atoms with Crippen LogP contribution >= 0.6 is 0 Å². The smallest absolute Gasteiger partial charge is 0.0972 e. The van der Waals surface area contributed by atoms with Crippen molar-refractivity contribution in [3.05, 3.63) is 194 Å². The first-order chi connectivity index (χ1) is 28.8. The molecule has 0 atom stereocenters. The van der Waals surface area contributed by atoms with Crippen LogP contribution in [0.2, 0.25) is 0 Å². The van der Waals surface area contributed by atoms with E-state index in [-0.39, 0.29) is 0 Å². The van der Waals surface area contributed by atoms with Crippen molar-refractivity contribution in [2.45, 2.75) is 0 Å². The number of aromatic nitrogens is 4. The molecule has 0 aliphatic heterocycles. The summed E-state index contributed by atoms with van der Waals surface area (Å²) in [5.41, 5.74) is 11.8. The van der Waals surface area contributed by atoms with E-state index in [0.29, 0.717) is 0 Å². The molecule has 4 heterocycles. The zero-order chi connectivity index (χ0) is 38.2. The topological polar surface area (TPSA) is 51.6 Å². The molecule has 0 spiro atoms. The largest absolute Gasteiger partial charge is 0.256 e. The van der Waals surface area contributed by atoms with Crippen LogP contribution in [0.1, 0.15) is 0 Å². The molecule has 0 unspecified atom stereocenters. The Labute approximate surface area is 333 Å². The lowest BCUT2D eigenvalue weighted by atomic mass is 9.91. The molecule has 0 fully saturated rings. The molecule has 4 heteroatoms. The molecule has 0 amide bonds. The molecule has 12 aromatic rings. The molecule has 0 aliphatic carbocycles. The number of rotatable bonds is 4. The number of benzene rings is 8. The normalized spacial score (nSPS) is 11.8. The van der Waals surface area contributed by atoms with Crippen LogP contribution in [0.5, 0.6) is 0 Å².